The van der Waals surface area contributed by atoms with Gasteiger partial charge in [0, 0.05) is 115 Å². The van der Waals surface area contributed by atoms with E-state index in [0.29, 0.717) is 87.3 Å². The number of alkyl halides is 2. The van der Waals surface area contributed by atoms with E-state index in [1.165, 1.54) is 24.0 Å². The number of hydrogen-bond acceptors (Lipinski definition) is 18. The summed E-state index contributed by atoms with van der Waals surface area (Å²) in [7, 11) is 0. The van der Waals surface area contributed by atoms with Crippen LogP contribution in [0, 0.1) is 24.2 Å². The summed E-state index contributed by atoms with van der Waals surface area (Å²) in [4.78, 5) is 144. The standard InChI is InChI=1S/C65H88F2N12O14S/c1-45-11-13-46(14-12-45)8-6-10-55(80)70-20-4-2-9-48(72-56(81)38-73-24-26-74(40-60(85)86)28-30-76(42-62(89)90)31-29-75(27-25-73)41-61(87)88)43-94-54-34-57(82)78(64(54)92)39-59(84)77-22-18-47(19-23-77)7-3-5-32-93-50-15-16-53-52(33-50)51(17-21-69-53)63(91)71-37-58(83)79-44-65(66,67)35-49(79)36-68/h11-17,21,33,47-49,54H,2-10,18-20,22-32,34-35,37-44H2,1H3,(H,70,80)(H,71,91)(H,72,81)(H,85,86)(H,87,88)(H,89,90)/t48?,49-,54?/m1/s1. The molecule has 29 heteroatoms. The van der Waals surface area contributed by atoms with E-state index in [9.17, 15) is 77.3 Å². The molecule has 0 radical (unpaired) electrons. The summed E-state index contributed by atoms with van der Waals surface area (Å²) >= 11 is 1.22. The van der Waals surface area contributed by atoms with Crippen molar-refractivity contribution in [2.45, 2.75) is 114 Å². The molecule has 4 fully saturated rings. The van der Waals surface area contributed by atoms with E-state index in [0.717, 1.165) is 53.0 Å². The number of ether oxygens (including phenoxy) is 1. The third-order valence-electron chi connectivity index (χ3n) is 17.4. The second-order valence-electron chi connectivity index (χ2n) is 24.7. The topological polar surface area (TPSA) is 336 Å². The minimum absolute atomic E-state index is 0.0662. The molecule has 0 bridgehead atoms. The summed E-state index contributed by atoms with van der Waals surface area (Å²) in [5.41, 5.74) is 3.01. The van der Waals surface area contributed by atoms with Crippen LogP contribution in [0.1, 0.15) is 98.5 Å². The third-order valence-corrected chi connectivity index (χ3v) is 18.7. The molecule has 4 aliphatic rings. The number of imide groups is 1. The number of halogens is 2. The molecule has 2 aromatic carbocycles. The van der Waals surface area contributed by atoms with Crippen molar-refractivity contribution < 1.29 is 76.8 Å². The smallest absolute Gasteiger partial charge is 0.317 e. The fraction of sp³-hybridized carbons (Fsp3) is 0.600. The number of piperidine rings is 1. The van der Waals surface area contributed by atoms with Gasteiger partial charge >= 0.3 is 17.9 Å². The van der Waals surface area contributed by atoms with Crippen LogP contribution in [-0.2, 0) is 49.6 Å². The number of nitriles is 1. The number of benzene rings is 2. The number of hydrogen-bond donors (Lipinski definition) is 6. The zero-order chi connectivity index (χ0) is 67.7. The first-order valence-corrected chi connectivity index (χ1v) is 33.3. The normalized spacial score (nSPS) is 19.2. The number of rotatable bonds is 32. The zero-order valence-electron chi connectivity index (χ0n) is 53.4. The van der Waals surface area contributed by atoms with Gasteiger partial charge in [-0.3, -0.25) is 77.4 Å². The molecule has 94 heavy (non-hydrogen) atoms. The molecular weight excluding hydrogens is 1240 g/mol. The molecule has 0 saturated carbocycles. The summed E-state index contributed by atoms with van der Waals surface area (Å²) < 4.78 is 33.9. The van der Waals surface area contributed by atoms with E-state index < -0.39 is 84.3 Å². The number of carbonyl (C=O) groups excluding carboxylic acids is 7. The summed E-state index contributed by atoms with van der Waals surface area (Å²) in [6, 6.07) is 14.7. The maximum Gasteiger partial charge on any atom is 0.317 e. The molecular formula is C65H88F2N12O14S. The Hall–Kier alpha value is -7.91. The Morgan fingerprint density at radius 1 is 0.745 bits per heavy atom. The first-order valence-electron chi connectivity index (χ1n) is 32.3. The highest BCUT2D eigenvalue weighted by molar-refractivity contribution is 8.00. The first kappa shape index (κ1) is 73.5. The number of pyridine rings is 1. The van der Waals surface area contributed by atoms with E-state index in [2.05, 4.69) is 33.1 Å². The van der Waals surface area contributed by atoms with E-state index in [-0.39, 0.29) is 121 Å². The molecule has 3 aromatic rings. The lowest BCUT2D eigenvalue weighted by molar-refractivity contribution is -0.146. The quantitative estimate of drug-likeness (QED) is 0.0386. The molecule has 4 aliphatic heterocycles. The van der Waals surface area contributed by atoms with Crippen LogP contribution in [0.4, 0.5) is 8.78 Å². The van der Waals surface area contributed by atoms with Crippen molar-refractivity contribution in [3.05, 3.63) is 71.4 Å². The Bertz CT molecular complexity index is 3140. The number of carbonyl (C=O) groups is 10. The number of unbranched alkanes of at least 4 members (excludes halogenated alkanes) is 2. The SMILES string of the molecule is Cc1ccc(CCCC(=O)NCCCCC(CSC2CC(=O)N(CC(=O)N3CCC(CCCCOc4ccc5nccc(C(=O)NCC(=O)N6CC(F)(F)C[C@@H]6C#N)c5c4)CC3)C2=O)NC(=O)CN2CCN(CC(=O)O)CCN(CC(=O)O)CCN(CC(=O)O)CC2)cc1. The summed E-state index contributed by atoms with van der Waals surface area (Å²) in [5, 5.41) is 46.5. The minimum atomic E-state index is -3.19. The van der Waals surface area contributed by atoms with Crippen molar-refractivity contribution in [3.8, 4) is 11.8 Å². The Morgan fingerprint density at radius 2 is 1.37 bits per heavy atom. The average molecular weight is 1330 g/mol. The number of carboxylic acids is 3. The lowest BCUT2D eigenvalue weighted by atomic mass is 9.91. The molecule has 0 spiro atoms. The van der Waals surface area contributed by atoms with Gasteiger partial charge in [-0.2, -0.15) is 5.26 Å². The highest BCUT2D eigenvalue weighted by Crippen LogP contribution is 2.32. The van der Waals surface area contributed by atoms with Crippen molar-refractivity contribution >= 4 is 81.9 Å². The zero-order valence-corrected chi connectivity index (χ0v) is 54.2. The van der Waals surface area contributed by atoms with E-state index in [1.807, 2.05) is 24.0 Å². The van der Waals surface area contributed by atoms with Crippen molar-refractivity contribution in [3.63, 3.8) is 0 Å². The fourth-order valence-electron chi connectivity index (χ4n) is 12.1. The van der Waals surface area contributed by atoms with Crippen molar-refractivity contribution in [1.29, 1.82) is 5.26 Å². The monoisotopic (exact) mass is 1330 g/mol. The van der Waals surface area contributed by atoms with Crippen LogP contribution >= 0.6 is 11.8 Å². The Kier molecular flexibility index (Phi) is 28.7. The molecule has 4 saturated heterocycles. The number of likely N-dealkylation sites (tertiary alicyclic amines) is 3. The van der Waals surface area contributed by atoms with Gasteiger partial charge in [-0.05, 0) is 100 Å². The van der Waals surface area contributed by atoms with Crippen LogP contribution in [0.15, 0.2) is 54.7 Å². The molecule has 5 heterocycles. The Balaban J connectivity index is 0.866. The van der Waals surface area contributed by atoms with Crippen molar-refractivity contribution in [2.75, 3.05) is 130 Å². The van der Waals surface area contributed by atoms with Gasteiger partial charge in [0.2, 0.25) is 35.4 Å². The Labute approximate surface area is 550 Å². The van der Waals surface area contributed by atoms with E-state index in [4.69, 9.17) is 4.74 Å². The van der Waals surface area contributed by atoms with Gasteiger partial charge in [0.1, 0.15) is 18.3 Å². The number of carboxylic acid groups (broad SMARTS) is 3. The number of fused-ring (bicyclic) bond motifs is 1. The molecule has 2 unspecified atom stereocenters. The molecule has 512 valence electrons. The average Bonchev–Trinajstić information content (AvgIpc) is 1.46. The summed E-state index contributed by atoms with van der Waals surface area (Å²) in [6.07, 6.45) is 7.92. The lowest BCUT2D eigenvalue weighted by Gasteiger charge is -2.33. The number of thioether (sulfide) groups is 1. The van der Waals surface area contributed by atoms with E-state index in [1.54, 1.807) is 43.9 Å². The summed E-state index contributed by atoms with van der Waals surface area (Å²) in [5.74, 6) is -8.48. The van der Waals surface area contributed by atoms with Crippen LogP contribution in [-0.4, -0.2) is 267 Å². The lowest BCUT2D eigenvalue weighted by Crippen LogP contribution is -2.50. The maximum absolute atomic E-state index is 14.1. The second kappa shape index (κ2) is 36.7. The fourth-order valence-corrected chi connectivity index (χ4v) is 13.3. The molecule has 0 aliphatic carbocycles. The number of nitrogens with zero attached hydrogens (tertiary/aromatic N) is 9. The number of aliphatic carboxylic acids is 3. The van der Waals surface area contributed by atoms with Gasteiger partial charge in [0.05, 0.1) is 68.3 Å². The highest BCUT2D eigenvalue weighted by Gasteiger charge is 2.47. The van der Waals surface area contributed by atoms with Crippen LogP contribution in [0.2, 0.25) is 0 Å². The largest absolute Gasteiger partial charge is 0.494 e. The van der Waals surface area contributed by atoms with Gasteiger partial charge in [-0.25, -0.2) is 8.78 Å². The van der Waals surface area contributed by atoms with Crippen LogP contribution in [0.3, 0.4) is 0 Å². The van der Waals surface area contributed by atoms with E-state index >= 15 is 0 Å². The third kappa shape index (κ3) is 24.1. The van der Waals surface area contributed by atoms with Crippen molar-refractivity contribution in [2.24, 2.45) is 5.92 Å². The van der Waals surface area contributed by atoms with Gasteiger partial charge in [0.25, 0.3) is 11.8 Å². The molecule has 7 amide bonds. The van der Waals surface area contributed by atoms with Gasteiger partial charge in [0.15, 0.2) is 0 Å². The van der Waals surface area contributed by atoms with Gasteiger partial charge in [-0.15, -0.1) is 11.8 Å². The first-order chi connectivity index (χ1) is 45.0. The number of aromatic nitrogens is 1. The number of aryl methyl sites for hydroxylation is 2. The number of amides is 7. The van der Waals surface area contributed by atoms with Crippen molar-refractivity contribution in [1.82, 2.24) is 55.2 Å². The Morgan fingerprint density at radius 3 is 1.99 bits per heavy atom. The predicted octanol–water partition coefficient (Wildman–Crippen LogP) is 2.95. The number of nitrogens with one attached hydrogen (secondary N) is 3. The summed E-state index contributed by atoms with van der Waals surface area (Å²) in [6.45, 7) is 2.56. The molecule has 26 nitrogen and oxygen atoms in total. The van der Waals surface area contributed by atoms with Gasteiger partial charge < -0.3 is 45.8 Å². The molecule has 6 N–H and O–H groups in total. The second-order valence-corrected chi connectivity index (χ2v) is 25.9. The predicted molar refractivity (Wildman–Crippen MR) is 343 cm³/mol. The maximum atomic E-state index is 14.1. The van der Waals surface area contributed by atoms with Crippen LogP contribution < -0.4 is 20.7 Å². The highest BCUT2D eigenvalue weighted by atomic mass is 32.2. The van der Waals surface area contributed by atoms with Crippen LogP contribution in [0.25, 0.3) is 10.9 Å². The molecule has 1 aromatic heterocycles. The van der Waals surface area contributed by atoms with Gasteiger partial charge in [-0.1, -0.05) is 36.2 Å². The molecule has 7 rings (SSSR count). The molecule has 3 atom stereocenters. The minimum Gasteiger partial charge on any atom is -0.494 e. The van der Waals surface area contributed by atoms with Crippen LogP contribution in [0.5, 0.6) is 5.75 Å².